The summed E-state index contributed by atoms with van der Waals surface area (Å²) in [7, 11) is 0. The van der Waals surface area contributed by atoms with Crippen LogP contribution in [0.2, 0.25) is 0 Å². The van der Waals surface area contributed by atoms with Gasteiger partial charge in [-0.25, -0.2) is 0 Å². The summed E-state index contributed by atoms with van der Waals surface area (Å²) < 4.78 is 0. The number of hydrogen-bond acceptors (Lipinski definition) is 2. The van der Waals surface area contributed by atoms with Crippen LogP contribution >= 0.6 is 0 Å². The van der Waals surface area contributed by atoms with Gasteiger partial charge in [0.05, 0.1) is 6.04 Å². The van der Waals surface area contributed by atoms with E-state index < -0.39 is 0 Å². The number of nitrogens with zero attached hydrogens (tertiary/aromatic N) is 1. The first kappa shape index (κ1) is 13.9. The highest BCUT2D eigenvalue weighted by Crippen LogP contribution is 2.35. The van der Waals surface area contributed by atoms with Gasteiger partial charge in [-0.3, -0.25) is 4.79 Å². The number of amides is 1. The Bertz CT molecular complexity index is 295. The molecule has 104 valence electrons. The van der Waals surface area contributed by atoms with Gasteiger partial charge >= 0.3 is 0 Å². The maximum absolute atomic E-state index is 12.3. The molecule has 1 amide bonds. The van der Waals surface area contributed by atoms with E-state index >= 15 is 0 Å². The Morgan fingerprint density at radius 2 is 1.89 bits per heavy atom. The van der Waals surface area contributed by atoms with Crippen molar-refractivity contribution in [3.63, 3.8) is 0 Å². The molecule has 0 aromatic heterocycles. The molecule has 1 aliphatic heterocycles. The van der Waals surface area contributed by atoms with Crippen LogP contribution in [-0.2, 0) is 4.79 Å². The lowest BCUT2D eigenvalue weighted by molar-refractivity contribution is -0.132. The molecule has 0 aromatic carbocycles. The molecule has 1 saturated heterocycles. The molecule has 0 spiro atoms. The molecular weight excluding hydrogens is 224 g/mol. The summed E-state index contributed by atoms with van der Waals surface area (Å²) in [6.45, 7) is 8.61. The SMILES string of the molecule is CC(NC1CCCCC1(C)C)C(=O)N1CCCC1. The first-order valence-corrected chi connectivity index (χ1v) is 7.55. The topological polar surface area (TPSA) is 32.3 Å². The Labute approximate surface area is 111 Å². The Balaban J connectivity index is 1.89. The van der Waals surface area contributed by atoms with Crippen LogP contribution in [0.4, 0.5) is 0 Å². The Hall–Kier alpha value is -0.570. The summed E-state index contributed by atoms with van der Waals surface area (Å²) in [6.07, 6.45) is 7.46. The molecule has 3 heteroatoms. The summed E-state index contributed by atoms with van der Waals surface area (Å²) in [6, 6.07) is 0.471. The molecule has 3 nitrogen and oxygen atoms in total. The van der Waals surface area contributed by atoms with Gasteiger partial charge in [0.1, 0.15) is 0 Å². The average Bonchev–Trinajstić information content (AvgIpc) is 2.84. The van der Waals surface area contributed by atoms with Crippen molar-refractivity contribution in [1.29, 1.82) is 0 Å². The van der Waals surface area contributed by atoms with Crippen molar-refractivity contribution in [3.05, 3.63) is 0 Å². The van der Waals surface area contributed by atoms with E-state index in [4.69, 9.17) is 0 Å². The van der Waals surface area contributed by atoms with Crippen LogP contribution in [0.1, 0.15) is 59.3 Å². The number of carbonyl (C=O) groups excluding carboxylic acids is 1. The lowest BCUT2D eigenvalue weighted by atomic mass is 9.73. The van der Waals surface area contributed by atoms with Crippen LogP contribution in [0.3, 0.4) is 0 Å². The van der Waals surface area contributed by atoms with Gasteiger partial charge in [-0.15, -0.1) is 0 Å². The van der Waals surface area contributed by atoms with Crippen molar-refractivity contribution in [2.75, 3.05) is 13.1 Å². The van der Waals surface area contributed by atoms with Crippen molar-refractivity contribution in [2.45, 2.75) is 71.4 Å². The third-order valence-electron chi connectivity index (χ3n) is 4.75. The van der Waals surface area contributed by atoms with E-state index in [-0.39, 0.29) is 6.04 Å². The zero-order valence-electron chi connectivity index (χ0n) is 12.2. The molecular formula is C15H28N2O. The standard InChI is InChI=1S/C15H28N2O/c1-12(14(18)17-10-6-7-11-17)16-13-8-4-5-9-15(13,2)3/h12-13,16H,4-11H2,1-3H3. The van der Waals surface area contributed by atoms with Crippen LogP contribution in [0.25, 0.3) is 0 Å². The first-order valence-electron chi connectivity index (χ1n) is 7.55. The van der Waals surface area contributed by atoms with Gasteiger partial charge in [-0.2, -0.15) is 0 Å². The van der Waals surface area contributed by atoms with Crippen LogP contribution in [0.5, 0.6) is 0 Å². The second kappa shape index (κ2) is 5.60. The Morgan fingerprint density at radius 1 is 1.22 bits per heavy atom. The third kappa shape index (κ3) is 3.05. The third-order valence-corrected chi connectivity index (χ3v) is 4.75. The maximum Gasteiger partial charge on any atom is 0.239 e. The van der Waals surface area contributed by atoms with E-state index in [1.165, 1.54) is 38.5 Å². The highest BCUT2D eigenvalue weighted by molar-refractivity contribution is 5.81. The van der Waals surface area contributed by atoms with E-state index in [0.717, 1.165) is 13.1 Å². The molecule has 2 rings (SSSR count). The van der Waals surface area contributed by atoms with E-state index in [9.17, 15) is 4.79 Å². The quantitative estimate of drug-likeness (QED) is 0.837. The second-order valence-electron chi connectivity index (χ2n) is 6.71. The minimum Gasteiger partial charge on any atom is -0.341 e. The Morgan fingerprint density at radius 3 is 2.50 bits per heavy atom. The van der Waals surface area contributed by atoms with Gasteiger partial charge in [-0.1, -0.05) is 26.7 Å². The van der Waals surface area contributed by atoms with Crippen molar-refractivity contribution in [2.24, 2.45) is 5.41 Å². The van der Waals surface area contributed by atoms with Gasteiger partial charge in [-0.05, 0) is 38.0 Å². The van der Waals surface area contributed by atoms with Crippen LogP contribution in [-0.4, -0.2) is 36.0 Å². The van der Waals surface area contributed by atoms with E-state index in [2.05, 4.69) is 19.2 Å². The normalized spacial score (nSPS) is 29.3. The fraction of sp³-hybridized carbons (Fsp3) is 0.933. The molecule has 1 saturated carbocycles. The molecule has 2 fully saturated rings. The summed E-state index contributed by atoms with van der Waals surface area (Å²) in [5.74, 6) is 0.300. The van der Waals surface area contributed by atoms with Gasteiger partial charge < -0.3 is 10.2 Å². The van der Waals surface area contributed by atoms with Gasteiger partial charge in [0.25, 0.3) is 0 Å². The first-order chi connectivity index (χ1) is 8.50. The highest BCUT2D eigenvalue weighted by Gasteiger charge is 2.34. The molecule has 0 radical (unpaired) electrons. The summed E-state index contributed by atoms with van der Waals surface area (Å²) in [5, 5.41) is 3.59. The average molecular weight is 252 g/mol. The van der Waals surface area contributed by atoms with Crippen LogP contribution in [0.15, 0.2) is 0 Å². The number of nitrogens with one attached hydrogen (secondary N) is 1. The highest BCUT2D eigenvalue weighted by atomic mass is 16.2. The number of carbonyl (C=O) groups is 1. The lowest BCUT2D eigenvalue weighted by Crippen LogP contribution is -2.53. The Kier molecular flexibility index (Phi) is 4.31. The fourth-order valence-corrected chi connectivity index (χ4v) is 3.39. The number of hydrogen-bond donors (Lipinski definition) is 1. The largest absolute Gasteiger partial charge is 0.341 e. The van der Waals surface area contributed by atoms with E-state index in [1.54, 1.807) is 0 Å². The van der Waals surface area contributed by atoms with Crippen molar-refractivity contribution in [1.82, 2.24) is 10.2 Å². The van der Waals surface area contributed by atoms with E-state index in [1.807, 2.05) is 11.8 Å². The molecule has 0 bridgehead atoms. The molecule has 1 N–H and O–H groups in total. The molecule has 18 heavy (non-hydrogen) atoms. The predicted molar refractivity (Wildman–Crippen MR) is 74.4 cm³/mol. The van der Waals surface area contributed by atoms with E-state index in [0.29, 0.717) is 17.4 Å². The smallest absolute Gasteiger partial charge is 0.239 e. The molecule has 1 aliphatic carbocycles. The molecule has 2 atom stereocenters. The summed E-state index contributed by atoms with van der Waals surface area (Å²) in [4.78, 5) is 14.3. The molecule has 2 aliphatic rings. The van der Waals surface area contributed by atoms with Crippen LogP contribution < -0.4 is 5.32 Å². The molecule has 0 aromatic rings. The van der Waals surface area contributed by atoms with Crippen LogP contribution in [0, 0.1) is 5.41 Å². The van der Waals surface area contributed by atoms with Crippen molar-refractivity contribution < 1.29 is 4.79 Å². The minimum atomic E-state index is -0.0227. The summed E-state index contributed by atoms with van der Waals surface area (Å²) in [5.41, 5.74) is 0.331. The zero-order chi connectivity index (χ0) is 13.2. The second-order valence-corrected chi connectivity index (χ2v) is 6.71. The van der Waals surface area contributed by atoms with Gasteiger partial charge in [0, 0.05) is 19.1 Å². The minimum absolute atomic E-state index is 0.0227. The monoisotopic (exact) mass is 252 g/mol. The lowest BCUT2D eigenvalue weighted by Gasteiger charge is -2.41. The number of likely N-dealkylation sites (tertiary alicyclic amines) is 1. The molecule has 2 unspecified atom stereocenters. The summed E-state index contributed by atoms with van der Waals surface area (Å²) >= 11 is 0. The molecule has 1 heterocycles. The number of rotatable bonds is 3. The van der Waals surface area contributed by atoms with Gasteiger partial charge in [0.2, 0.25) is 5.91 Å². The zero-order valence-corrected chi connectivity index (χ0v) is 12.2. The maximum atomic E-state index is 12.3. The van der Waals surface area contributed by atoms with Crippen molar-refractivity contribution in [3.8, 4) is 0 Å². The fourth-order valence-electron chi connectivity index (χ4n) is 3.39. The van der Waals surface area contributed by atoms with Gasteiger partial charge in [0.15, 0.2) is 0 Å². The predicted octanol–water partition coefficient (Wildman–Crippen LogP) is 2.56. The van der Waals surface area contributed by atoms with Crippen molar-refractivity contribution >= 4 is 5.91 Å².